The molecule has 0 aliphatic rings. The van der Waals surface area contributed by atoms with Crippen molar-refractivity contribution in [3.8, 4) is 6.07 Å². The Labute approximate surface area is 116 Å². The molecule has 6 heteroatoms. The first kappa shape index (κ1) is 13.1. The van der Waals surface area contributed by atoms with E-state index in [1.165, 1.54) is 6.20 Å². The smallest absolute Gasteiger partial charge is 0.224 e. The van der Waals surface area contributed by atoms with Crippen LogP contribution >= 0.6 is 11.6 Å². The first-order chi connectivity index (χ1) is 9.17. The van der Waals surface area contributed by atoms with Gasteiger partial charge in [0.15, 0.2) is 5.82 Å². The zero-order valence-corrected chi connectivity index (χ0v) is 11.3. The van der Waals surface area contributed by atoms with E-state index in [1.807, 2.05) is 25.2 Å². The quantitative estimate of drug-likeness (QED) is 0.931. The molecule has 0 saturated carbocycles. The van der Waals surface area contributed by atoms with Crippen molar-refractivity contribution in [1.82, 2.24) is 9.97 Å². The molecule has 1 aromatic carbocycles. The summed E-state index contributed by atoms with van der Waals surface area (Å²) in [4.78, 5) is 10.1. The van der Waals surface area contributed by atoms with Crippen LogP contribution in [0.4, 0.5) is 17.5 Å². The van der Waals surface area contributed by atoms with Crippen molar-refractivity contribution in [2.24, 2.45) is 0 Å². The summed E-state index contributed by atoms with van der Waals surface area (Å²) in [5, 5.41) is 12.4. The molecule has 0 aliphatic carbocycles. The molecule has 2 rings (SSSR count). The Morgan fingerprint density at radius 1 is 1.37 bits per heavy atom. The molecule has 5 nitrogen and oxygen atoms in total. The van der Waals surface area contributed by atoms with Gasteiger partial charge in [-0.2, -0.15) is 10.2 Å². The second-order valence-corrected chi connectivity index (χ2v) is 4.21. The predicted molar refractivity (Wildman–Crippen MR) is 75.8 cm³/mol. The molecule has 1 heterocycles. The molecule has 1 N–H and O–H groups in total. The number of rotatable bonds is 3. The van der Waals surface area contributed by atoms with Crippen LogP contribution < -0.4 is 10.2 Å². The summed E-state index contributed by atoms with van der Waals surface area (Å²) in [6, 6.07) is 9.42. The second-order valence-electron chi connectivity index (χ2n) is 3.80. The number of benzene rings is 1. The number of nitrogens with one attached hydrogen (secondary N) is 1. The van der Waals surface area contributed by atoms with E-state index >= 15 is 0 Å². The highest BCUT2D eigenvalue weighted by atomic mass is 35.5. The molecule has 0 atom stereocenters. The Morgan fingerprint density at radius 2 is 2.11 bits per heavy atom. The van der Waals surface area contributed by atoms with Gasteiger partial charge in [-0.1, -0.05) is 23.7 Å². The monoisotopic (exact) mass is 273 g/mol. The van der Waals surface area contributed by atoms with Crippen LogP contribution in [0.1, 0.15) is 5.56 Å². The van der Waals surface area contributed by atoms with Gasteiger partial charge in [0.1, 0.15) is 11.1 Å². The first-order valence-corrected chi connectivity index (χ1v) is 5.98. The lowest BCUT2D eigenvalue weighted by atomic mass is 10.2. The van der Waals surface area contributed by atoms with Crippen LogP contribution in [0.2, 0.25) is 5.02 Å². The number of hydrogen-bond donors (Lipinski definition) is 1. The molecule has 19 heavy (non-hydrogen) atoms. The van der Waals surface area contributed by atoms with Crippen LogP contribution in [0.3, 0.4) is 0 Å². The molecular formula is C13H12ClN5. The molecule has 0 bridgehead atoms. The van der Waals surface area contributed by atoms with Crippen molar-refractivity contribution in [1.29, 1.82) is 5.26 Å². The van der Waals surface area contributed by atoms with Crippen molar-refractivity contribution in [2.75, 3.05) is 24.3 Å². The van der Waals surface area contributed by atoms with Gasteiger partial charge in [-0.05, 0) is 12.1 Å². The summed E-state index contributed by atoms with van der Waals surface area (Å²) >= 11 is 6.12. The number of aromatic nitrogens is 2. The van der Waals surface area contributed by atoms with Crippen molar-refractivity contribution in [3.05, 3.63) is 41.0 Å². The molecule has 0 aliphatic heterocycles. The molecule has 0 saturated heterocycles. The van der Waals surface area contributed by atoms with Gasteiger partial charge in [-0.15, -0.1) is 0 Å². The zero-order chi connectivity index (χ0) is 13.8. The summed E-state index contributed by atoms with van der Waals surface area (Å²) < 4.78 is 0. The summed E-state index contributed by atoms with van der Waals surface area (Å²) in [5.74, 6) is 1.02. The average Bonchev–Trinajstić information content (AvgIpc) is 2.47. The highest BCUT2D eigenvalue weighted by Crippen LogP contribution is 2.30. The molecule has 0 spiro atoms. The highest BCUT2D eigenvalue weighted by molar-refractivity contribution is 6.33. The maximum absolute atomic E-state index is 9.13. The van der Waals surface area contributed by atoms with E-state index in [0.29, 0.717) is 22.4 Å². The number of halogens is 1. The van der Waals surface area contributed by atoms with Gasteiger partial charge < -0.3 is 10.2 Å². The molecule has 0 amide bonds. The third-order valence-electron chi connectivity index (χ3n) is 2.65. The Kier molecular flexibility index (Phi) is 3.83. The number of nitrogens with zero attached hydrogens (tertiary/aromatic N) is 4. The van der Waals surface area contributed by atoms with Crippen molar-refractivity contribution in [2.45, 2.75) is 0 Å². The Bertz CT molecular complexity index is 635. The maximum atomic E-state index is 9.13. The standard InChI is InChI=1S/C13H12ClN5/c1-16-13-17-8-10(14)12(18-13)19(2)11-6-4-3-5-9(11)7-15/h3-6,8H,1-2H3,(H,16,17,18). The number of para-hydroxylation sites is 1. The maximum Gasteiger partial charge on any atom is 0.224 e. The zero-order valence-electron chi connectivity index (χ0n) is 10.6. The van der Waals surface area contributed by atoms with Crippen molar-refractivity contribution in [3.63, 3.8) is 0 Å². The second kappa shape index (κ2) is 5.55. The summed E-state index contributed by atoms with van der Waals surface area (Å²) in [6.45, 7) is 0. The van der Waals surface area contributed by atoms with E-state index < -0.39 is 0 Å². The van der Waals surface area contributed by atoms with Crippen LogP contribution in [-0.2, 0) is 0 Å². The lowest BCUT2D eigenvalue weighted by Crippen LogP contribution is -2.14. The van der Waals surface area contributed by atoms with Gasteiger partial charge in [0.25, 0.3) is 0 Å². The molecule has 2 aromatic rings. The lowest BCUT2D eigenvalue weighted by molar-refractivity contribution is 1.07. The number of anilines is 3. The summed E-state index contributed by atoms with van der Waals surface area (Å²) in [5.41, 5.74) is 1.30. The third-order valence-corrected chi connectivity index (χ3v) is 2.92. The van der Waals surface area contributed by atoms with Gasteiger partial charge in [-0.25, -0.2) is 4.98 Å². The van der Waals surface area contributed by atoms with Crippen molar-refractivity contribution < 1.29 is 0 Å². The van der Waals surface area contributed by atoms with Gasteiger partial charge in [0.2, 0.25) is 5.95 Å². The van der Waals surface area contributed by atoms with Crippen molar-refractivity contribution >= 4 is 29.1 Å². The third kappa shape index (κ3) is 2.59. The minimum absolute atomic E-state index is 0.425. The first-order valence-electron chi connectivity index (χ1n) is 5.60. The molecule has 96 valence electrons. The van der Waals surface area contributed by atoms with Gasteiger partial charge in [0, 0.05) is 14.1 Å². The largest absolute Gasteiger partial charge is 0.357 e. The average molecular weight is 274 g/mol. The summed E-state index contributed by atoms with van der Waals surface area (Å²) in [7, 11) is 3.54. The topological polar surface area (TPSA) is 64.8 Å². The predicted octanol–water partition coefficient (Wildman–Crippen LogP) is 2.81. The fourth-order valence-corrected chi connectivity index (χ4v) is 1.91. The van der Waals surface area contributed by atoms with E-state index in [1.54, 1.807) is 18.0 Å². The van der Waals surface area contributed by atoms with E-state index in [0.717, 1.165) is 5.69 Å². The van der Waals surface area contributed by atoms with Crippen LogP contribution in [0.15, 0.2) is 30.5 Å². The van der Waals surface area contributed by atoms with E-state index in [4.69, 9.17) is 16.9 Å². The van der Waals surface area contributed by atoms with Gasteiger partial charge in [-0.3, -0.25) is 0 Å². The van der Waals surface area contributed by atoms with Crippen LogP contribution in [0, 0.1) is 11.3 Å². The SMILES string of the molecule is CNc1ncc(Cl)c(N(C)c2ccccc2C#N)n1. The lowest BCUT2D eigenvalue weighted by Gasteiger charge is -2.20. The molecule has 0 radical (unpaired) electrons. The Morgan fingerprint density at radius 3 is 2.79 bits per heavy atom. The van der Waals surface area contributed by atoms with Gasteiger partial charge >= 0.3 is 0 Å². The van der Waals surface area contributed by atoms with Gasteiger partial charge in [0.05, 0.1) is 17.4 Å². The molecule has 0 fully saturated rings. The van der Waals surface area contributed by atoms with Crippen LogP contribution in [0.5, 0.6) is 0 Å². The van der Waals surface area contributed by atoms with E-state index in [9.17, 15) is 0 Å². The highest BCUT2D eigenvalue weighted by Gasteiger charge is 2.14. The fraction of sp³-hybridized carbons (Fsp3) is 0.154. The fourth-order valence-electron chi connectivity index (χ4n) is 1.69. The Hall–Kier alpha value is -2.32. The number of nitriles is 1. The van der Waals surface area contributed by atoms with Crippen LogP contribution in [-0.4, -0.2) is 24.1 Å². The molecule has 0 unspecified atom stereocenters. The minimum Gasteiger partial charge on any atom is -0.357 e. The van der Waals surface area contributed by atoms with E-state index in [-0.39, 0.29) is 0 Å². The van der Waals surface area contributed by atoms with E-state index in [2.05, 4.69) is 21.4 Å². The Balaban J connectivity index is 2.50. The minimum atomic E-state index is 0.425. The molecular weight excluding hydrogens is 262 g/mol. The van der Waals surface area contributed by atoms with Crippen LogP contribution in [0.25, 0.3) is 0 Å². The summed E-state index contributed by atoms with van der Waals surface area (Å²) in [6.07, 6.45) is 1.53. The number of hydrogen-bond acceptors (Lipinski definition) is 5. The molecule has 1 aromatic heterocycles. The normalized spacial score (nSPS) is 9.79.